The van der Waals surface area contributed by atoms with E-state index in [0.717, 1.165) is 22.7 Å². The molecule has 0 saturated heterocycles. The zero-order chi connectivity index (χ0) is 14.4. The van der Waals surface area contributed by atoms with Crippen LogP contribution in [0.3, 0.4) is 0 Å². The second-order valence-electron chi connectivity index (χ2n) is 5.21. The molecule has 4 heteroatoms. The van der Waals surface area contributed by atoms with Crippen LogP contribution in [-0.2, 0) is 11.2 Å². The predicted octanol–water partition coefficient (Wildman–Crippen LogP) is 3.51. The molecule has 0 fully saturated rings. The van der Waals surface area contributed by atoms with Crippen LogP contribution in [-0.4, -0.2) is 17.4 Å². The standard InChI is InChI=1S/C16H20N2OS/c1-12(2)10-15(19)17-9-8-14-11-20-16(18-14)13-6-4-3-5-7-13/h3-7,11-12H,8-10H2,1-2H3,(H,17,19). The monoisotopic (exact) mass is 288 g/mol. The van der Waals surface area contributed by atoms with Gasteiger partial charge < -0.3 is 5.32 Å². The average molecular weight is 288 g/mol. The minimum absolute atomic E-state index is 0.124. The largest absolute Gasteiger partial charge is 0.356 e. The minimum Gasteiger partial charge on any atom is -0.356 e. The summed E-state index contributed by atoms with van der Waals surface area (Å²) in [6.07, 6.45) is 1.37. The van der Waals surface area contributed by atoms with Crippen LogP contribution < -0.4 is 5.32 Å². The summed E-state index contributed by atoms with van der Waals surface area (Å²) in [5.41, 5.74) is 2.19. The van der Waals surface area contributed by atoms with E-state index in [9.17, 15) is 4.79 Å². The number of nitrogens with one attached hydrogen (secondary N) is 1. The third-order valence-electron chi connectivity index (χ3n) is 2.87. The maximum Gasteiger partial charge on any atom is 0.220 e. The SMILES string of the molecule is CC(C)CC(=O)NCCc1csc(-c2ccccc2)n1. The van der Waals surface area contributed by atoms with Crippen LogP contribution in [0.1, 0.15) is 26.0 Å². The van der Waals surface area contributed by atoms with Gasteiger partial charge in [0, 0.05) is 30.3 Å². The van der Waals surface area contributed by atoms with Crippen LogP contribution in [0.5, 0.6) is 0 Å². The number of nitrogens with zero attached hydrogens (tertiary/aromatic N) is 1. The number of aromatic nitrogens is 1. The quantitative estimate of drug-likeness (QED) is 0.883. The van der Waals surface area contributed by atoms with Crippen molar-refractivity contribution in [2.75, 3.05) is 6.54 Å². The first-order chi connectivity index (χ1) is 9.65. The first-order valence-corrected chi connectivity index (χ1v) is 7.79. The van der Waals surface area contributed by atoms with Crippen molar-refractivity contribution in [2.24, 2.45) is 5.92 Å². The fraction of sp³-hybridized carbons (Fsp3) is 0.375. The molecule has 20 heavy (non-hydrogen) atoms. The lowest BCUT2D eigenvalue weighted by molar-refractivity contribution is -0.121. The number of carbonyl (C=O) groups excluding carboxylic acids is 1. The lowest BCUT2D eigenvalue weighted by Gasteiger charge is -2.05. The van der Waals surface area contributed by atoms with E-state index < -0.39 is 0 Å². The molecule has 2 rings (SSSR count). The van der Waals surface area contributed by atoms with E-state index in [1.807, 2.05) is 32.0 Å². The third-order valence-corrected chi connectivity index (χ3v) is 3.81. The maximum atomic E-state index is 11.5. The molecule has 1 aromatic carbocycles. The Kier molecular flexibility index (Phi) is 5.30. The van der Waals surface area contributed by atoms with Crippen LogP contribution in [0.2, 0.25) is 0 Å². The summed E-state index contributed by atoms with van der Waals surface area (Å²) in [6.45, 7) is 4.75. The Morgan fingerprint density at radius 2 is 2.05 bits per heavy atom. The van der Waals surface area contributed by atoms with E-state index >= 15 is 0 Å². The molecule has 106 valence electrons. The molecular weight excluding hydrogens is 268 g/mol. The summed E-state index contributed by atoms with van der Waals surface area (Å²) in [4.78, 5) is 16.1. The Morgan fingerprint density at radius 3 is 2.75 bits per heavy atom. The van der Waals surface area contributed by atoms with Gasteiger partial charge in [0.25, 0.3) is 0 Å². The van der Waals surface area contributed by atoms with Crippen molar-refractivity contribution in [1.82, 2.24) is 10.3 Å². The van der Waals surface area contributed by atoms with Gasteiger partial charge in [-0.2, -0.15) is 0 Å². The molecule has 1 heterocycles. The van der Waals surface area contributed by atoms with Gasteiger partial charge in [0.1, 0.15) is 5.01 Å². The normalized spacial score (nSPS) is 10.8. The number of thiazole rings is 1. The highest BCUT2D eigenvalue weighted by atomic mass is 32.1. The zero-order valence-corrected chi connectivity index (χ0v) is 12.7. The predicted molar refractivity (Wildman–Crippen MR) is 83.7 cm³/mol. The zero-order valence-electron chi connectivity index (χ0n) is 11.9. The van der Waals surface area contributed by atoms with Crippen LogP contribution in [0, 0.1) is 5.92 Å². The highest BCUT2D eigenvalue weighted by molar-refractivity contribution is 7.13. The summed E-state index contributed by atoms with van der Waals surface area (Å²) >= 11 is 1.65. The molecule has 0 aliphatic heterocycles. The molecule has 0 unspecified atom stereocenters. The van der Waals surface area contributed by atoms with Gasteiger partial charge in [-0.05, 0) is 5.92 Å². The third kappa shape index (κ3) is 4.46. The van der Waals surface area contributed by atoms with Crippen molar-refractivity contribution in [1.29, 1.82) is 0 Å². The van der Waals surface area contributed by atoms with Gasteiger partial charge in [0.05, 0.1) is 5.69 Å². The number of amides is 1. The molecule has 0 radical (unpaired) electrons. The van der Waals surface area contributed by atoms with E-state index in [-0.39, 0.29) is 5.91 Å². The van der Waals surface area contributed by atoms with Crippen LogP contribution in [0.25, 0.3) is 10.6 Å². The maximum absolute atomic E-state index is 11.5. The van der Waals surface area contributed by atoms with Crippen molar-refractivity contribution in [2.45, 2.75) is 26.7 Å². The topological polar surface area (TPSA) is 42.0 Å². The van der Waals surface area contributed by atoms with E-state index in [0.29, 0.717) is 18.9 Å². The van der Waals surface area contributed by atoms with Crippen molar-refractivity contribution < 1.29 is 4.79 Å². The van der Waals surface area contributed by atoms with E-state index in [4.69, 9.17) is 0 Å². The number of rotatable bonds is 6. The molecule has 0 saturated carbocycles. The first-order valence-electron chi connectivity index (χ1n) is 6.91. The molecular formula is C16H20N2OS. The number of carbonyl (C=O) groups is 1. The Labute approximate surface area is 124 Å². The van der Waals surface area contributed by atoms with Crippen LogP contribution >= 0.6 is 11.3 Å². The van der Waals surface area contributed by atoms with Crippen molar-refractivity contribution in [3.05, 3.63) is 41.4 Å². The highest BCUT2D eigenvalue weighted by Crippen LogP contribution is 2.23. The molecule has 2 aromatic rings. The van der Waals surface area contributed by atoms with Gasteiger partial charge in [-0.1, -0.05) is 44.2 Å². The fourth-order valence-corrected chi connectivity index (χ4v) is 2.77. The van der Waals surface area contributed by atoms with Crippen LogP contribution in [0.4, 0.5) is 0 Å². The van der Waals surface area contributed by atoms with Gasteiger partial charge in [0.15, 0.2) is 0 Å². The molecule has 0 aliphatic carbocycles. The molecule has 0 aliphatic rings. The first kappa shape index (κ1) is 14.7. The van der Waals surface area contributed by atoms with Crippen molar-refractivity contribution in [3.8, 4) is 10.6 Å². The second-order valence-corrected chi connectivity index (χ2v) is 6.07. The lowest BCUT2D eigenvalue weighted by atomic mass is 10.1. The molecule has 3 nitrogen and oxygen atoms in total. The van der Waals surface area contributed by atoms with Crippen molar-refractivity contribution in [3.63, 3.8) is 0 Å². The molecule has 0 bridgehead atoms. The van der Waals surface area contributed by atoms with E-state index in [1.54, 1.807) is 11.3 Å². The summed E-state index contributed by atoms with van der Waals surface area (Å²) in [5, 5.41) is 6.04. The van der Waals surface area contributed by atoms with Crippen LogP contribution in [0.15, 0.2) is 35.7 Å². The Hall–Kier alpha value is -1.68. The van der Waals surface area contributed by atoms with E-state index in [1.165, 1.54) is 0 Å². The van der Waals surface area contributed by atoms with Gasteiger partial charge in [-0.15, -0.1) is 11.3 Å². The highest BCUT2D eigenvalue weighted by Gasteiger charge is 2.06. The lowest BCUT2D eigenvalue weighted by Crippen LogP contribution is -2.26. The molecule has 1 N–H and O–H groups in total. The van der Waals surface area contributed by atoms with Gasteiger partial charge in [-0.25, -0.2) is 4.98 Å². The second kappa shape index (κ2) is 7.20. The fourth-order valence-electron chi connectivity index (χ4n) is 1.91. The molecule has 1 aromatic heterocycles. The molecule has 0 spiro atoms. The van der Waals surface area contributed by atoms with Gasteiger partial charge >= 0.3 is 0 Å². The van der Waals surface area contributed by atoms with Crippen molar-refractivity contribution >= 4 is 17.2 Å². The summed E-state index contributed by atoms with van der Waals surface area (Å²) < 4.78 is 0. The summed E-state index contributed by atoms with van der Waals surface area (Å²) in [6, 6.07) is 10.2. The summed E-state index contributed by atoms with van der Waals surface area (Å²) in [5.74, 6) is 0.525. The smallest absolute Gasteiger partial charge is 0.220 e. The average Bonchev–Trinajstić information content (AvgIpc) is 2.88. The van der Waals surface area contributed by atoms with E-state index in [2.05, 4.69) is 27.8 Å². The Morgan fingerprint density at radius 1 is 1.30 bits per heavy atom. The number of hydrogen-bond acceptors (Lipinski definition) is 3. The Bertz CT molecular complexity index is 549. The molecule has 1 amide bonds. The Balaban J connectivity index is 1.83. The van der Waals surface area contributed by atoms with Gasteiger partial charge in [-0.3, -0.25) is 4.79 Å². The number of hydrogen-bond donors (Lipinski definition) is 1. The molecule has 0 atom stereocenters. The van der Waals surface area contributed by atoms with Gasteiger partial charge in [0.2, 0.25) is 5.91 Å². The minimum atomic E-state index is 0.124. The number of benzene rings is 1. The summed E-state index contributed by atoms with van der Waals surface area (Å²) in [7, 11) is 0.